The van der Waals surface area contributed by atoms with Gasteiger partial charge in [0.05, 0.1) is 6.42 Å². The van der Waals surface area contributed by atoms with E-state index < -0.39 is 0 Å². The molecule has 2 aromatic rings. The van der Waals surface area contributed by atoms with E-state index in [4.69, 9.17) is 0 Å². The highest BCUT2D eigenvalue weighted by molar-refractivity contribution is 7.10. The van der Waals surface area contributed by atoms with E-state index in [0.717, 1.165) is 12.8 Å². The Morgan fingerprint density at radius 3 is 2.86 bits per heavy atom. The maximum atomic E-state index is 3.50. The molecule has 1 heteroatoms. The van der Waals surface area contributed by atoms with E-state index in [1.807, 2.05) is 0 Å². The van der Waals surface area contributed by atoms with Crippen molar-refractivity contribution in [2.24, 2.45) is 0 Å². The molecule has 0 nitrogen and oxygen atoms in total. The van der Waals surface area contributed by atoms with Crippen molar-refractivity contribution in [1.29, 1.82) is 0 Å². The van der Waals surface area contributed by atoms with Crippen LogP contribution in [0.5, 0.6) is 0 Å². The molecule has 1 aromatic carbocycles. The summed E-state index contributed by atoms with van der Waals surface area (Å²) in [6.07, 6.45) is 5.80. The molecule has 0 saturated carbocycles. The van der Waals surface area contributed by atoms with Crippen LogP contribution < -0.4 is 0 Å². The minimum Gasteiger partial charge on any atom is -0.148 e. The van der Waals surface area contributed by atoms with Crippen LogP contribution in [-0.4, -0.2) is 0 Å². The minimum atomic E-state index is 1.15. The predicted octanol–water partition coefficient (Wildman–Crippen LogP) is 3.32. The standard InChI is InChI=1S/C13H10S/c1-2-4-12-9-13-11(7-8-14-13)6-5-10(12)3-1/h1-4,7-8H,5-6H2. The van der Waals surface area contributed by atoms with Crippen molar-refractivity contribution in [3.05, 3.63) is 63.7 Å². The first-order valence-corrected chi connectivity index (χ1v) is 5.73. The van der Waals surface area contributed by atoms with E-state index >= 15 is 0 Å². The Bertz CT molecular complexity index is 454. The van der Waals surface area contributed by atoms with Crippen LogP contribution >= 0.6 is 11.3 Å². The summed E-state index contributed by atoms with van der Waals surface area (Å²) in [4.78, 5) is 1.31. The van der Waals surface area contributed by atoms with Gasteiger partial charge in [0, 0.05) is 4.88 Å². The number of thiophene rings is 1. The average Bonchev–Trinajstić information content (AvgIpc) is 2.58. The quantitative estimate of drug-likeness (QED) is 0.609. The topological polar surface area (TPSA) is 0 Å². The normalized spacial score (nSPS) is 14.3. The lowest BCUT2D eigenvalue weighted by Crippen LogP contribution is -1.89. The van der Waals surface area contributed by atoms with Gasteiger partial charge in [-0.2, -0.15) is 0 Å². The SMILES string of the molecule is [C]1c2ccccc2CCc2ccsc21. The van der Waals surface area contributed by atoms with Crippen molar-refractivity contribution in [2.75, 3.05) is 0 Å². The van der Waals surface area contributed by atoms with E-state index in [9.17, 15) is 0 Å². The van der Waals surface area contributed by atoms with E-state index in [1.165, 1.54) is 21.6 Å². The highest BCUT2D eigenvalue weighted by Gasteiger charge is 2.13. The molecule has 1 heterocycles. The molecule has 2 radical (unpaired) electrons. The number of fused-ring (bicyclic) bond motifs is 2. The molecule has 0 spiro atoms. The number of hydrogen-bond donors (Lipinski definition) is 0. The second kappa shape index (κ2) is 3.25. The monoisotopic (exact) mass is 198 g/mol. The molecular weight excluding hydrogens is 188 g/mol. The summed E-state index contributed by atoms with van der Waals surface area (Å²) < 4.78 is 0. The highest BCUT2D eigenvalue weighted by atomic mass is 32.1. The Hall–Kier alpha value is -1.08. The van der Waals surface area contributed by atoms with Gasteiger partial charge in [0.15, 0.2) is 0 Å². The summed E-state index contributed by atoms with van der Waals surface area (Å²) in [6, 6.07) is 10.8. The van der Waals surface area contributed by atoms with Crippen LogP contribution in [0.4, 0.5) is 0 Å². The van der Waals surface area contributed by atoms with Crippen molar-refractivity contribution in [2.45, 2.75) is 12.8 Å². The summed E-state index contributed by atoms with van der Waals surface area (Å²) in [7, 11) is 0. The summed E-state index contributed by atoms with van der Waals surface area (Å²) in [6.45, 7) is 0. The van der Waals surface area contributed by atoms with E-state index in [2.05, 4.69) is 42.1 Å². The van der Waals surface area contributed by atoms with Crippen molar-refractivity contribution in [1.82, 2.24) is 0 Å². The molecule has 1 aromatic heterocycles. The molecule has 0 fully saturated rings. The molecule has 68 valence electrons. The van der Waals surface area contributed by atoms with Gasteiger partial charge >= 0.3 is 0 Å². The van der Waals surface area contributed by atoms with Crippen molar-refractivity contribution in [3.63, 3.8) is 0 Å². The van der Waals surface area contributed by atoms with Crippen LogP contribution in [0.15, 0.2) is 35.7 Å². The predicted molar refractivity (Wildman–Crippen MR) is 59.6 cm³/mol. The average molecular weight is 198 g/mol. The summed E-state index contributed by atoms with van der Waals surface area (Å²) in [5.74, 6) is 0. The first kappa shape index (κ1) is 8.25. The van der Waals surface area contributed by atoms with Gasteiger partial charge in [0.1, 0.15) is 0 Å². The Morgan fingerprint density at radius 1 is 1.00 bits per heavy atom. The molecule has 0 saturated heterocycles. The van der Waals surface area contributed by atoms with Gasteiger partial charge in [-0.15, -0.1) is 11.3 Å². The molecule has 1 aliphatic carbocycles. The van der Waals surface area contributed by atoms with Gasteiger partial charge in [-0.05, 0) is 41.0 Å². The van der Waals surface area contributed by atoms with E-state index in [-0.39, 0.29) is 0 Å². The van der Waals surface area contributed by atoms with Gasteiger partial charge in [-0.3, -0.25) is 0 Å². The number of benzene rings is 1. The second-order valence-electron chi connectivity index (χ2n) is 3.56. The van der Waals surface area contributed by atoms with Crippen molar-refractivity contribution < 1.29 is 0 Å². The zero-order valence-electron chi connectivity index (χ0n) is 7.79. The van der Waals surface area contributed by atoms with E-state index in [0.29, 0.717) is 0 Å². The largest absolute Gasteiger partial charge is 0.148 e. The van der Waals surface area contributed by atoms with Gasteiger partial charge < -0.3 is 0 Å². The maximum Gasteiger partial charge on any atom is 0.0617 e. The molecule has 1 aliphatic rings. The number of aryl methyl sites for hydroxylation is 2. The fourth-order valence-corrected chi connectivity index (χ4v) is 2.75. The fraction of sp³-hybridized carbons (Fsp3) is 0.154. The Kier molecular flexibility index (Phi) is 1.91. The lowest BCUT2D eigenvalue weighted by atomic mass is 10.0. The molecule has 0 unspecified atom stereocenters. The fourth-order valence-electron chi connectivity index (χ4n) is 1.89. The van der Waals surface area contributed by atoms with E-state index in [1.54, 1.807) is 11.3 Å². The first-order chi connectivity index (χ1) is 6.93. The summed E-state index contributed by atoms with van der Waals surface area (Å²) in [5.41, 5.74) is 4.15. The third kappa shape index (κ3) is 1.28. The van der Waals surface area contributed by atoms with Crippen LogP contribution in [-0.2, 0) is 12.8 Å². The Labute approximate surface area is 88.2 Å². The molecule has 0 atom stereocenters. The summed E-state index contributed by atoms with van der Waals surface area (Å²) in [5, 5.41) is 2.16. The molecule has 0 bridgehead atoms. The first-order valence-electron chi connectivity index (χ1n) is 4.85. The van der Waals surface area contributed by atoms with Crippen LogP contribution in [0.3, 0.4) is 0 Å². The lowest BCUT2D eigenvalue weighted by molar-refractivity contribution is 0.970. The maximum absolute atomic E-state index is 3.50. The van der Waals surface area contributed by atoms with Crippen molar-refractivity contribution >= 4 is 11.3 Å². The van der Waals surface area contributed by atoms with Gasteiger partial charge in [0.25, 0.3) is 0 Å². The zero-order chi connectivity index (χ0) is 9.38. The van der Waals surface area contributed by atoms with Crippen LogP contribution in [0.1, 0.15) is 21.6 Å². The summed E-state index contributed by atoms with van der Waals surface area (Å²) >= 11 is 1.79. The van der Waals surface area contributed by atoms with Gasteiger partial charge in [0.2, 0.25) is 0 Å². The Morgan fingerprint density at radius 2 is 1.86 bits per heavy atom. The second-order valence-corrected chi connectivity index (χ2v) is 4.47. The van der Waals surface area contributed by atoms with Gasteiger partial charge in [-0.1, -0.05) is 24.3 Å². The van der Waals surface area contributed by atoms with Crippen molar-refractivity contribution in [3.8, 4) is 0 Å². The lowest BCUT2D eigenvalue weighted by Gasteiger charge is -2.02. The molecule has 0 N–H and O–H groups in total. The van der Waals surface area contributed by atoms with Crippen LogP contribution in [0.2, 0.25) is 0 Å². The Balaban J connectivity index is 2.10. The number of rotatable bonds is 0. The van der Waals surface area contributed by atoms with Crippen LogP contribution in [0.25, 0.3) is 0 Å². The third-order valence-electron chi connectivity index (χ3n) is 2.68. The highest BCUT2D eigenvalue weighted by Crippen LogP contribution is 2.29. The molecule has 0 amide bonds. The molecule has 0 aliphatic heterocycles. The minimum absolute atomic E-state index is 1.15. The van der Waals surface area contributed by atoms with Gasteiger partial charge in [-0.25, -0.2) is 0 Å². The number of hydrogen-bond acceptors (Lipinski definition) is 1. The molecule has 14 heavy (non-hydrogen) atoms. The smallest absolute Gasteiger partial charge is 0.0617 e. The third-order valence-corrected chi connectivity index (χ3v) is 3.55. The molecule has 3 rings (SSSR count). The zero-order valence-corrected chi connectivity index (χ0v) is 8.60. The molecular formula is C13H10S. The van der Waals surface area contributed by atoms with Crippen LogP contribution in [0, 0.1) is 6.42 Å².